The molecular formula is C18H24ClNOS. The third-order valence-corrected chi connectivity index (χ3v) is 4.59. The van der Waals surface area contributed by atoms with Crippen molar-refractivity contribution in [3.05, 3.63) is 59.7 Å². The molecule has 2 aromatic carbocycles. The van der Waals surface area contributed by atoms with Gasteiger partial charge in [0.1, 0.15) is 0 Å². The van der Waals surface area contributed by atoms with Gasteiger partial charge in [-0.25, -0.2) is 0 Å². The number of nitrogens with one attached hydrogen (secondary N) is 1. The number of halogens is 1. The minimum absolute atomic E-state index is 0. The van der Waals surface area contributed by atoms with E-state index in [0.29, 0.717) is 0 Å². The molecule has 0 aromatic heterocycles. The number of aliphatic hydroxyl groups is 1. The van der Waals surface area contributed by atoms with Crippen LogP contribution in [-0.4, -0.2) is 11.7 Å². The number of aliphatic hydroxyl groups excluding tert-OH is 1. The highest BCUT2D eigenvalue weighted by Crippen LogP contribution is 2.32. The van der Waals surface area contributed by atoms with Gasteiger partial charge in [0.15, 0.2) is 0 Å². The van der Waals surface area contributed by atoms with E-state index in [4.69, 9.17) is 0 Å². The van der Waals surface area contributed by atoms with Crippen molar-refractivity contribution in [3.8, 4) is 0 Å². The van der Waals surface area contributed by atoms with E-state index >= 15 is 0 Å². The first-order chi connectivity index (χ1) is 10.3. The third kappa shape index (κ3) is 5.65. The van der Waals surface area contributed by atoms with Crippen molar-refractivity contribution >= 4 is 24.2 Å². The minimum atomic E-state index is 0. The van der Waals surface area contributed by atoms with E-state index in [-0.39, 0.29) is 19.0 Å². The molecule has 4 heteroatoms. The summed E-state index contributed by atoms with van der Waals surface area (Å²) in [5.74, 6) is 0. The van der Waals surface area contributed by atoms with Crippen molar-refractivity contribution in [2.45, 2.75) is 42.7 Å². The summed E-state index contributed by atoms with van der Waals surface area (Å²) in [7, 11) is 0. The number of hydrogen-bond donors (Lipinski definition) is 2. The Labute approximate surface area is 143 Å². The molecule has 0 unspecified atom stereocenters. The van der Waals surface area contributed by atoms with Gasteiger partial charge in [0, 0.05) is 16.3 Å². The first-order valence-corrected chi connectivity index (χ1v) is 8.32. The lowest BCUT2D eigenvalue weighted by Gasteiger charge is -2.12. The zero-order valence-corrected chi connectivity index (χ0v) is 14.6. The molecule has 2 rings (SSSR count). The Balaban J connectivity index is 0.00000242. The first-order valence-electron chi connectivity index (χ1n) is 7.50. The number of rotatable bonds is 8. The van der Waals surface area contributed by atoms with Gasteiger partial charge in [-0.1, -0.05) is 61.5 Å². The molecule has 0 atom stereocenters. The molecule has 0 aliphatic heterocycles. The average Bonchev–Trinajstić information content (AvgIpc) is 2.53. The summed E-state index contributed by atoms with van der Waals surface area (Å²) in [6.45, 7) is 4.24. The smallest absolute Gasteiger partial charge is 0.0692 e. The molecule has 0 heterocycles. The fourth-order valence-electron chi connectivity index (χ4n) is 2.13. The molecule has 0 amide bonds. The first kappa shape index (κ1) is 19.0. The third-order valence-electron chi connectivity index (χ3n) is 3.36. The summed E-state index contributed by atoms with van der Waals surface area (Å²) in [5.41, 5.74) is 2.29. The van der Waals surface area contributed by atoms with E-state index in [1.54, 1.807) is 11.8 Å². The van der Waals surface area contributed by atoms with Crippen molar-refractivity contribution in [2.75, 3.05) is 6.54 Å². The van der Waals surface area contributed by atoms with Gasteiger partial charge in [-0.05, 0) is 36.2 Å². The molecule has 22 heavy (non-hydrogen) atoms. The molecule has 0 fully saturated rings. The number of benzene rings is 2. The summed E-state index contributed by atoms with van der Waals surface area (Å²) in [6.07, 6.45) is 2.43. The topological polar surface area (TPSA) is 32.3 Å². The van der Waals surface area contributed by atoms with Gasteiger partial charge >= 0.3 is 0 Å². The van der Waals surface area contributed by atoms with Gasteiger partial charge in [-0.3, -0.25) is 0 Å². The van der Waals surface area contributed by atoms with Crippen LogP contribution in [0.25, 0.3) is 0 Å². The van der Waals surface area contributed by atoms with Crippen molar-refractivity contribution in [2.24, 2.45) is 0 Å². The Morgan fingerprint density at radius 2 is 1.55 bits per heavy atom. The molecule has 2 N–H and O–H groups in total. The quantitative estimate of drug-likeness (QED) is 0.688. The van der Waals surface area contributed by atoms with Crippen LogP contribution >= 0.6 is 24.2 Å². The molecular weight excluding hydrogens is 314 g/mol. The van der Waals surface area contributed by atoms with Crippen LogP contribution in [0.1, 0.15) is 30.9 Å². The van der Waals surface area contributed by atoms with Crippen LogP contribution in [0, 0.1) is 0 Å². The van der Waals surface area contributed by atoms with E-state index in [1.807, 2.05) is 18.2 Å². The van der Waals surface area contributed by atoms with Crippen LogP contribution in [0.3, 0.4) is 0 Å². The highest BCUT2D eigenvalue weighted by molar-refractivity contribution is 7.99. The molecule has 0 spiro atoms. The molecule has 0 bridgehead atoms. The fourth-order valence-corrected chi connectivity index (χ4v) is 3.19. The molecule has 0 radical (unpaired) electrons. The summed E-state index contributed by atoms with van der Waals surface area (Å²) in [6, 6.07) is 16.5. The van der Waals surface area contributed by atoms with Crippen LogP contribution in [0.5, 0.6) is 0 Å². The van der Waals surface area contributed by atoms with Crippen molar-refractivity contribution in [3.63, 3.8) is 0 Å². The summed E-state index contributed by atoms with van der Waals surface area (Å²) >= 11 is 1.73. The lowest BCUT2D eigenvalue weighted by atomic mass is 10.2. The summed E-state index contributed by atoms with van der Waals surface area (Å²) in [5, 5.41) is 12.9. The predicted molar refractivity (Wildman–Crippen MR) is 96.8 cm³/mol. The van der Waals surface area contributed by atoms with E-state index < -0.39 is 0 Å². The standard InChI is InChI=1S/C18H23NOS.ClH/c1-2-3-12-19-13-15-8-4-6-10-17(15)21-18-11-7-5-9-16(18)14-20;/h4-11,19-20H,2-3,12-14H2,1H3;1H. The summed E-state index contributed by atoms with van der Waals surface area (Å²) in [4.78, 5) is 2.38. The molecule has 2 aromatic rings. The molecule has 120 valence electrons. The zero-order valence-electron chi connectivity index (χ0n) is 12.9. The van der Waals surface area contributed by atoms with Crippen LogP contribution in [-0.2, 0) is 13.2 Å². The lowest BCUT2D eigenvalue weighted by Crippen LogP contribution is -2.14. The Morgan fingerprint density at radius 1 is 0.955 bits per heavy atom. The highest BCUT2D eigenvalue weighted by Gasteiger charge is 2.06. The van der Waals surface area contributed by atoms with E-state index in [1.165, 1.54) is 23.3 Å². The molecule has 0 saturated carbocycles. The van der Waals surface area contributed by atoms with Crippen LogP contribution in [0.4, 0.5) is 0 Å². The van der Waals surface area contributed by atoms with E-state index in [2.05, 4.69) is 42.6 Å². The lowest BCUT2D eigenvalue weighted by molar-refractivity contribution is 0.279. The largest absolute Gasteiger partial charge is 0.392 e. The normalized spacial score (nSPS) is 10.3. The minimum Gasteiger partial charge on any atom is -0.392 e. The highest BCUT2D eigenvalue weighted by atomic mass is 35.5. The van der Waals surface area contributed by atoms with Crippen LogP contribution in [0.2, 0.25) is 0 Å². The molecule has 2 nitrogen and oxygen atoms in total. The van der Waals surface area contributed by atoms with Gasteiger partial charge < -0.3 is 10.4 Å². The van der Waals surface area contributed by atoms with Crippen molar-refractivity contribution < 1.29 is 5.11 Å². The van der Waals surface area contributed by atoms with Gasteiger partial charge in [0.05, 0.1) is 6.61 Å². The van der Waals surface area contributed by atoms with Crippen LogP contribution in [0.15, 0.2) is 58.3 Å². The Bertz CT molecular complexity index is 562. The van der Waals surface area contributed by atoms with Crippen LogP contribution < -0.4 is 5.32 Å². The predicted octanol–water partition coefficient (Wildman–Crippen LogP) is 4.64. The monoisotopic (exact) mass is 337 g/mol. The van der Waals surface area contributed by atoms with Gasteiger partial charge in [-0.2, -0.15) is 0 Å². The zero-order chi connectivity index (χ0) is 14.9. The van der Waals surface area contributed by atoms with Crippen molar-refractivity contribution in [1.29, 1.82) is 0 Å². The number of unbranched alkanes of at least 4 members (excludes halogenated alkanes) is 1. The Morgan fingerprint density at radius 3 is 2.18 bits per heavy atom. The second-order valence-electron chi connectivity index (χ2n) is 5.01. The average molecular weight is 338 g/mol. The molecule has 0 saturated heterocycles. The second-order valence-corrected chi connectivity index (χ2v) is 6.09. The van der Waals surface area contributed by atoms with E-state index in [9.17, 15) is 5.11 Å². The van der Waals surface area contributed by atoms with E-state index in [0.717, 1.165) is 23.5 Å². The maximum atomic E-state index is 9.44. The Hall–Kier alpha value is -1.00. The van der Waals surface area contributed by atoms with Gasteiger partial charge in [-0.15, -0.1) is 12.4 Å². The maximum Gasteiger partial charge on any atom is 0.0692 e. The van der Waals surface area contributed by atoms with Gasteiger partial charge in [0.25, 0.3) is 0 Å². The summed E-state index contributed by atoms with van der Waals surface area (Å²) < 4.78 is 0. The maximum absolute atomic E-state index is 9.44. The number of hydrogen-bond acceptors (Lipinski definition) is 3. The SMILES string of the molecule is CCCCNCc1ccccc1Sc1ccccc1CO.Cl. The fraction of sp³-hybridized carbons (Fsp3) is 0.333. The second kappa shape index (κ2) is 10.7. The molecule has 0 aliphatic carbocycles. The molecule has 0 aliphatic rings. The van der Waals surface area contributed by atoms with Gasteiger partial charge in [0.2, 0.25) is 0 Å². The Kier molecular flexibility index (Phi) is 9.25. The van der Waals surface area contributed by atoms with Crippen molar-refractivity contribution in [1.82, 2.24) is 5.32 Å².